The molecule has 0 saturated carbocycles. The molecule has 0 bridgehead atoms. The smallest absolute Gasteiger partial charge is 0.378 e. The number of nitrogens with one attached hydrogen (secondary N) is 1. The number of rotatable bonds is 3. The van der Waals surface area contributed by atoms with Crippen LogP contribution in [0.2, 0.25) is 5.02 Å². The molecule has 0 atom stereocenters. The third-order valence-corrected chi connectivity index (χ3v) is 4.28. The van der Waals surface area contributed by atoms with Crippen molar-refractivity contribution in [3.05, 3.63) is 58.6 Å². The van der Waals surface area contributed by atoms with E-state index in [9.17, 15) is 18.0 Å². The first-order valence-corrected chi connectivity index (χ1v) is 8.33. The number of benzene rings is 2. The lowest BCUT2D eigenvalue weighted by Crippen LogP contribution is -2.36. The highest BCUT2D eigenvalue weighted by Crippen LogP contribution is 2.36. The van der Waals surface area contributed by atoms with Crippen LogP contribution in [0.5, 0.6) is 0 Å². The van der Waals surface area contributed by atoms with E-state index in [2.05, 4.69) is 5.32 Å². The van der Waals surface area contributed by atoms with E-state index in [-0.39, 0.29) is 5.69 Å². The minimum atomic E-state index is -4.50. The summed E-state index contributed by atoms with van der Waals surface area (Å²) < 4.78 is 44.5. The fourth-order valence-corrected chi connectivity index (χ4v) is 2.81. The highest BCUT2D eigenvalue weighted by molar-refractivity contribution is 6.30. The average Bonchev–Trinajstić information content (AvgIpc) is 2.62. The van der Waals surface area contributed by atoms with Gasteiger partial charge in [-0.25, -0.2) is 0 Å². The predicted molar refractivity (Wildman–Crippen MR) is 93.9 cm³/mol. The van der Waals surface area contributed by atoms with Crippen molar-refractivity contribution in [1.29, 1.82) is 0 Å². The van der Waals surface area contributed by atoms with E-state index in [1.807, 2.05) is 4.90 Å². The molecule has 8 heteroatoms. The standard InChI is InChI=1S/C18H16ClF3N2O2/c19-14-4-1-12(2-5-14)17(25)23-15-11-13(18(20,21)22)3-6-16(15)24-7-9-26-10-8-24/h1-6,11H,7-10H2,(H,23,25). The Morgan fingerprint density at radius 1 is 1.08 bits per heavy atom. The maximum Gasteiger partial charge on any atom is 0.416 e. The monoisotopic (exact) mass is 384 g/mol. The zero-order valence-electron chi connectivity index (χ0n) is 13.6. The van der Waals surface area contributed by atoms with Crippen LogP contribution in [0.15, 0.2) is 42.5 Å². The van der Waals surface area contributed by atoms with E-state index in [0.29, 0.717) is 42.6 Å². The summed E-state index contributed by atoms with van der Waals surface area (Å²) in [5, 5.41) is 3.06. The average molecular weight is 385 g/mol. The van der Waals surface area contributed by atoms with Gasteiger partial charge >= 0.3 is 6.18 Å². The molecule has 1 fully saturated rings. The van der Waals surface area contributed by atoms with Crippen LogP contribution in [0, 0.1) is 0 Å². The minimum absolute atomic E-state index is 0.113. The van der Waals surface area contributed by atoms with E-state index in [0.717, 1.165) is 12.1 Å². The Morgan fingerprint density at radius 3 is 2.35 bits per heavy atom. The predicted octanol–water partition coefficient (Wildman–Crippen LogP) is 4.45. The van der Waals surface area contributed by atoms with Crippen LogP contribution in [0.1, 0.15) is 15.9 Å². The Morgan fingerprint density at radius 2 is 1.73 bits per heavy atom. The second-order valence-corrected chi connectivity index (χ2v) is 6.23. The number of halogens is 4. The number of ether oxygens (including phenoxy) is 1. The molecule has 2 aromatic carbocycles. The van der Waals surface area contributed by atoms with Crippen LogP contribution in [0.4, 0.5) is 24.5 Å². The summed E-state index contributed by atoms with van der Waals surface area (Å²) in [6, 6.07) is 9.48. The topological polar surface area (TPSA) is 41.6 Å². The summed E-state index contributed by atoms with van der Waals surface area (Å²) in [7, 11) is 0. The van der Waals surface area contributed by atoms with Crippen molar-refractivity contribution in [3.63, 3.8) is 0 Å². The number of carbonyl (C=O) groups is 1. The van der Waals surface area contributed by atoms with E-state index in [1.165, 1.54) is 18.2 Å². The minimum Gasteiger partial charge on any atom is -0.378 e. The van der Waals surface area contributed by atoms with Gasteiger partial charge in [0.25, 0.3) is 5.91 Å². The van der Waals surface area contributed by atoms with Crippen molar-refractivity contribution in [1.82, 2.24) is 0 Å². The number of anilines is 2. The summed E-state index contributed by atoms with van der Waals surface area (Å²) in [6.07, 6.45) is -4.50. The lowest BCUT2D eigenvalue weighted by atomic mass is 10.1. The van der Waals surface area contributed by atoms with Crippen LogP contribution in [-0.4, -0.2) is 32.2 Å². The summed E-state index contributed by atoms with van der Waals surface area (Å²) in [4.78, 5) is 14.3. The fourth-order valence-electron chi connectivity index (χ4n) is 2.69. The SMILES string of the molecule is O=C(Nc1cc(C(F)(F)F)ccc1N1CCOCC1)c1ccc(Cl)cc1. The Labute approximate surface area is 153 Å². The summed E-state index contributed by atoms with van der Waals surface area (Å²) in [5.74, 6) is -0.504. The van der Waals surface area contributed by atoms with Gasteiger partial charge in [-0.1, -0.05) is 11.6 Å². The first-order chi connectivity index (χ1) is 12.3. The van der Waals surface area contributed by atoms with Crippen molar-refractivity contribution in [3.8, 4) is 0 Å². The van der Waals surface area contributed by atoms with Crippen LogP contribution in [-0.2, 0) is 10.9 Å². The molecular formula is C18H16ClF3N2O2. The third-order valence-electron chi connectivity index (χ3n) is 4.03. The van der Waals surface area contributed by atoms with Gasteiger partial charge in [0.2, 0.25) is 0 Å². The molecule has 0 spiro atoms. The van der Waals surface area contributed by atoms with Crippen molar-refractivity contribution < 1.29 is 22.7 Å². The van der Waals surface area contributed by atoms with Gasteiger partial charge in [0.1, 0.15) is 0 Å². The summed E-state index contributed by atoms with van der Waals surface area (Å²) >= 11 is 5.80. The molecule has 4 nitrogen and oxygen atoms in total. The molecule has 0 radical (unpaired) electrons. The van der Waals surface area contributed by atoms with Crippen molar-refractivity contribution in [2.45, 2.75) is 6.18 Å². The molecule has 138 valence electrons. The van der Waals surface area contributed by atoms with Gasteiger partial charge in [-0.2, -0.15) is 13.2 Å². The second kappa shape index (κ2) is 7.55. The Hall–Kier alpha value is -2.25. The molecule has 1 N–H and O–H groups in total. The zero-order chi connectivity index (χ0) is 18.7. The molecule has 1 saturated heterocycles. The molecule has 1 aliphatic rings. The molecule has 1 amide bonds. The van der Waals surface area contributed by atoms with Gasteiger partial charge in [-0.3, -0.25) is 4.79 Å². The molecular weight excluding hydrogens is 369 g/mol. The highest BCUT2D eigenvalue weighted by atomic mass is 35.5. The van der Waals surface area contributed by atoms with E-state index in [1.54, 1.807) is 12.1 Å². The largest absolute Gasteiger partial charge is 0.416 e. The Balaban J connectivity index is 1.93. The van der Waals surface area contributed by atoms with Gasteiger partial charge in [0, 0.05) is 23.7 Å². The normalized spacial score (nSPS) is 15.0. The van der Waals surface area contributed by atoms with E-state index >= 15 is 0 Å². The van der Waals surface area contributed by atoms with E-state index < -0.39 is 17.6 Å². The van der Waals surface area contributed by atoms with Crippen LogP contribution < -0.4 is 10.2 Å². The first-order valence-electron chi connectivity index (χ1n) is 7.95. The van der Waals surface area contributed by atoms with Crippen molar-refractivity contribution >= 4 is 28.9 Å². The van der Waals surface area contributed by atoms with Crippen LogP contribution in [0.3, 0.4) is 0 Å². The zero-order valence-corrected chi connectivity index (χ0v) is 14.4. The molecule has 26 heavy (non-hydrogen) atoms. The Kier molecular flexibility index (Phi) is 5.38. The van der Waals surface area contributed by atoms with Crippen LogP contribution in [0.25, 0.3) is 0 Å². The van der Waals surface area contributed by atoms with Gasteiger partial charge in [0.15, 0.2) is 0 Å². The molecule has 0 unspecified atom stereocenters. The number of carbonyl (C=O) groups excluding carboxylic acids is 1. The maximum absolute atomic E-state index is 13.1. The lowest BCUT2D eigenvalue weighted by Gasteiger charge is -2.31. The number of amides is 1. The number of nitrogens with zero attached hydrogens (tertiary/aromatic N) is 1. The number of morpholine rings is 1. The van der Waals surface area contributed by atoms with E-state index in [4.69, 9.17) is 16.3 Å². The number of hydrogen-bond acceptors (Lipinski definition) is 3. The highest BCUT2D eigenvalue weighted by Gasteiger charge is 2.32. The number of alkyl halides is 3. The first kappa shape index (κ1) is 18.5. The van der Waals surface area contributed by atoms with Crippen LogP contribution >= 0.6 is 11.6 Å². The summed E-state index contributed by atoms with van der Waals surface area (Å²) in [5.41, 5.74) is 0.131. The van der Waals surface area contributed by atoms with Crippen molar-refractivity contribution in [2.24, 2.45) is 0 Å². The molecule has 2 aromatic rings. The van der Waals surface area contributed by atoms with Gasteiger partial charge in [-0.15, -0.1) is 0 Å². The second-order valence-electron chi connectivity index (χ2n) is 5.79. The molecule has 0 aliphatic carbocycles. The Bertz CT molecular complexity index is 788. The quantitative estimate of drug-likeness (QED) is 0.850. The van der Waals surface area contributed by atoms with Gasteiger partial charge in [-0.05, 0) is 42.5 Å². The summed E-state index contributed by atoms with van der Waals surface area (Å²) in [6.45, 7) is 2.03. The van der Waals surface area contributed by atoms with Crippen molar-refractivity contribution in [2.75, 3.05) is 36.5 Å². The number of hydrogen-bond donors (Lipinski definition) is 1. The molecule has 0 aromatic heterocycles. The molecule has 1 heterocycles. The van der Waals surface area contributed by atoms with Gasteiger partial charge < -0.3 is 15.0 Å². The van der Waals surface area contributed by atoms with Gasteiger partial charge in [0.05, 0.1) is 30.2 Å². The molecule has 1 aliphatic heterocycles. The fraction of sp³-hybridized carbons (Fsp3) is 0.278. The molecule has 3 rings (SSSR count). The lowest BCUT2D eigenvalue weighted by molar-refractivity contribution is -0.137. The third kappa shape index (κ3) is 4.28. The maximum atomic E-state index is 13.1.